The van der Waals surface area contributed by atoms with Crippen LogP contribution in [0.4, 0.5) is 0 Å². The molecule has 1 aromatic rings. The molecular formula is C21H37N3O2. The van der Waals surface area contributed by atoms with Gasteiger partial charge in [0.2, 0.25) is 5.88 Å². The first-order chi connectivity index (χ1) is 12.8. The van der Waals surface area contributed by atoms with Crippen LogP contribution < -0.4 is 4.74 Å². The predicted octanol–water partition coefficient (Wildman–Crippen LogP) is 6.04. The number of hydrogen-bond acceptors (Lipinski definition) is 5. The second kappa shape index (κ2) is 16.9. The van der Waals surface area contributed by atoms with Crippen molar-refractivity contribution in [1.82, 2.24) is 15.4 Å². The van der Waals surface area contributed by atoms with Crippen molar-refractivity contribution in [3.63, 3.8) is 0 Å². The Balaban J connectivity index is 1.77. The van der Waals surface area contributed by atoms with Crippen LogP contribution in [0.15, 0.2) is 12.3 Å². The van der Waals surface area contributed by atoms with Crippen molar-refractivity contribution >= 4 is 5.97 Å². The van der Waals surface area contributed by atoms with Gasteiger partial charge in [-0.15, -0.1) is 5.10 Å². The number of carbonyl (C=O) groups excluding carboxylic acids is 1. The maximum Gasteiger partial charge on any atom is 0.312 e. The highest BCUT2D eigenvalue weighted by molar-refractivity contribution is 5.71. The number of esters is 1. The first-order valence-corrected chi connectivity index (χ1v) is 10.7. The summed E-state index contributed by atoms with van der Waals surface area (Å²) < 4.78 is 5.08. The number of aromatic nitrogens is 3. The molecule has 0 aromatic carbocycles. The van der Waals surface area contributed by atoms with Gasteiger partial charge in [0.1, 0.15) is 0 Å². The topological polar surface area (TPSA) is 65.0 Å². The Hall–Kier alpha value is -1.52. The maximum absolute atomic E-state index is 11.6. The minimum absolute atomic E-state index is 0.228. The zero-order chi connectivity index (χ0) is 18.7. The van der Waals surface area contributed by atoms with E-state index in [0.717, 1.165) is 12.8 Å². The summed E-state index contributed by atoms with van der Waals surface area (Å²) in [6.45, 7) is 2.27. The molecule has 0 bridgehead atoms. The fraction of sp³-hybridized carbons (Fsp3) is 0.810. The van der Waals surface area contributed by atoms with Gasteiger partial charge in [0.25, 0.3) is 0 Å². The maximum atomic E-state index is 11.6. The third-order valence-corrected chi connectivity index (χ3v) is 4.68. The van der Waals surface area contributed by atoms with Crippen LogP contribution >= 0.6 is 0 Å². The fourth-order valence-electron chi connectivity index (χ4n) is 3.09. The number of hydrogen-bond donors (Lipinski definition) is 0. The van der Waals surface area contributed by atoms with Crippen molar-refractivity contribution in [2.45, 2.75) is 110 Å². The van der Waals surface area contributed by atoms with Crippen LogP contribution in [-0.4, -0.2) is 21.4 Å². The molecule has 0 aliphatic heterocycles. The van der Waals surface area contributed by atoms with Crippen LogP contribution in [0, 0.1) is 0 Å². The number of carbonyl (C=O) groups is 1. The summed E-state index contributed by atoms with van der Waals surface area (Å²) in [7, 11) is 0. The molecule has 5 heteroatoms. The Bertz CT molecular complexity index is 440. The van der Waals surface area contributed by atoms with Gasteiger partial charge in [-0.1, -0.05) is 102 Å². The van der Waals surface area contributed by atoms with Crippen LogP contribution in [0.2, 0.25) is 0 Å². The van der Waals surface area contributed by atoms with Gasteiger partial charge in [0.05, 0.1) is 6.20 Å². The molecule has 1 heterocycles. The SMILES string of the molecule is CCCCCCCCCCCCCCCCCC(=O)Oc1ccnnn1. The van der Waals surface area contributed by atoms with E-state index in [2.05, 4.69) is 22.3 Å². The minimum atomic E-state index is -0.236. The Kier molecular flexibility index (Phi) is 14.7. The van der Waals surface area contributed by atoms with Crippen LogP contribution in [-0.2, 0) is 4.79 Å². The van der Waals surface area contributed by atoms with Crippen LogP contribution in [0.25, 0.3) is 0 Å². The van der Waals surface area contributed by atoms with Gasteiger partial charge in [0, 0.05) is 12.5 Å². The molecular weight excluding hydrogens is 326 g/mol. The van der Waals surface area contributed by atoms with Gasteiger partial charge in [-0.25, -0.2) is 0 Å². The lowest BCUT2D eigenvalue weighted by molar-refractivity contribution is -0.134. The first kappa shape index (κ1) is 22.5. The van der Waals surface area contributed by atoms with Crippen LogP contribution in [0.1, 0.15) is 110 Å². The van der Waals surface area contributed by atoms with Crippen molar-refractivity contribution in [3.8, 4) is 5.88 Å². The standard InChI is InChI=1S/C21H37N3O2/c1-2-3-4-5-6-7-8-9-10-11-12-13-14-15-16-17-21(25)26-20-18-19-22-24-23-20/h18-19H,2-17H2,1H3. The molecule has 5 nitrogen and oxygen atoms in total. The Morgan fingerprint density at radius 2 is 1.31 bits per heavy atom. The smallest absolute Gasteiger partial charge is 0.312 e. The largest absolute Gasteiger partial charge is 0.406 e. The number of nitrogens with zero attached hydrogens (tertiary/aromatic N) is 3. The van der Waals surface area contributed by atoms with Crippen molar-refractivity contribution in [2.24, 2.45) is 0 Å². The lowest BCUT2D eigenvalue weighted by atomic mass is 10.0. The molecule has 0 N–H and O–H groups in total. The van der Waals surface area contributed by atoms with E-state index in [-0.39, 0.29) is 11.8 Å². The summed E-state index contributed by atoms with van der Waals surface area (Å²) in [6.07, 6.45) is 21.7. The van der Waals surface area contributed by atoms with Gasteiger partial charge >= 0.3 is 5.97 Å². The molecule has 0 saturated heterocycles. The molecule has 1 rings (SSSR count). The quantitative estimate of drug-likeness (QED) is 0.249. The average Bonchev–Trinajstić information content (AvgIpc) is 2.65. The first-order valence-electron chi connectivity index (χ1n) is 10.7. The third-order valence-electron chi connectivity index (χ3n) is 4.68. The molecule has 0 saturated carbocycles. The monoisotopic (exact) mass is 363 g/mol. The third kappa shape index (κ3) is 13.7. The lowest BCUT2D eigenvalue weighted by Crippen LogP contribution is -2.09. The highest BCUT2D eigenvalue weighted by Gasteiger charge is 2.05. The highest BCUT2D eigenvalue weighted by Crippen LogP contribution is 2.14. The lowest BCUT2D eigenvalue weighted by Gasteiger charge is -2.04. The number of unbranched alkanes of at least 4 members (excludes halogenated alkanes) is 14. The molecule has 0 unspecified atom stereocenters. The summed E-state index contributed by atoms with van der Waals surface area (Å²) in [5, 5.41) is 10.6. The van der Waals surface area contributed by atoms with Gasteiger partial charge in [-0.3, -0.25) is 4.79 Å². The molecule has 26 heavy (non-hydrogen) atoms. The van der Waals surface area contributed by atoms with Crippen LogP contribution in [0.5, 0.6) is 5.88 Å². The van der Waals surface area contributed by atoms with E-state index >= 15 is 0 Å². The zero-order valence-corrected chi connectivity index (χ0v) is 16.6. The highest BCUT2D eigenvalue weighted by atomic mass is 16.5. The van der Waals surface area contributed by atoms with Gasteiger partial charge in [0.15, 0.2) is 0 Å². The normalized spacial score (nSPS) is 10.8. The second-order valence-corrected chi connectivity index (χ2v) is 7.13. The van der Waals surface area contributed by atoms with E-state index in [1.165, 1.54) is 95.7 Å². The van der Waals surface area contributed by atoms with Crippen molar-refractivity contribution in [2.75, 3.05) is 0 Å². The number of rotatable bonds is 17. The minimum Gasteiger partial charge on any atom is -0.406 e. The summed E-state index contributed by atoms with van der Waals surface area (Å²) >= 11 is 0. The zero-order valence-electron chi connectivity index (χ0n) is 16.6. The Labute approximate surface area is 159 Å². The van der Waals surface area contributed by atoms with Crippen molar-refractivity contribution in [3.05, 3.63) is 12.3 Å². The molecule has 0 aliphatic rings. The van der Waals surface area contributed by atoms with E-state index < -0.39 is 0 Å². The number of ether oxygens (including phenoxy) is 1. The summed E-state index contributed by atoms with van der Waals surface area (Å²) in [5.74, 6) is -0.00819. The van der Waals surface area contributed by atoms with Crippen molar-refractivity contribution in [1.29, 1.82) is 0 Å². The summed E-state index contributed by atoms with van der Waals surface area (Å²) in [6, 6.07) is 1.54. The molecule has 0 radical (unpaired) electrons. The summed E-state index contributed by atoms with van der Waals surface area (Å²) in [5.41, 5.74) is 0. The van der Waals surface area contributed by atoms with E-state index in [0.29, 0.717) is 6.42 Å². The molecule has 0 fully saturated rings. The van der Waals surface area contributed by atoms with Gasteiger partial charge in [-0.2, -0.15) is 0 Å². The average molecular weight is 364 g/mol. The second-order valence-electron chi connectivity index (χ2n) is 7.13. The summed E-state index contributed by atoms with van der Waals surface area (Å²) in [4.78, 5) is 11.6. The van der Waals surface area contributed by atoms with Crippen molar-refractivity contribution < 1.29 is 9.53 Å². The van der Waals surface area contributed by atoms with E-state index in [9.17, 15) is 4.79 Å². The molecule has 0 aliphatic carbocycles. The van der Waals surface area contributed by atoms with Gasteiger partial charge < -0.3 is 4.74 Å². The molecule has 148 valence electrons. The van der Waals surface area contributed by atoms with E-state index in [4.69, 9.17) is 4.74 Å². The van der Waals surface area contributed by atoms with E-state index in [1.54, 1.807) is 0 Å². The van der Waals surface area contributed by atoms with Gasteiger partial charge in [-0.05, 0) is 11.6 Å². The molecule has 0 atom stereocenters. The fourth-order valence-corrected chi connectivity index (χ4v) is 3.09. The molecule has 0 spiro atoms. The Morgan fingerprint density at radius 1 is 0.808 bits per heavy atom. The van der Waals surface area contributed by atoms with Crippen LogP contribution in [0.3, 0.4) is 0 Å². The molecule has 1 aromatic heterocycles. The Morgan fingerprint density at radius 3 is 1.77 bits per heavy atom. The molecule has 0 amide bonds. The predicted molar refractivity (Wildman–Crippen MR) is 105 cm³/mol. The van der Waals surface area contributed by atoms with E-state index in [1.807, 2.05) is 0 Å².